The average Bonchev–Trinajstić information content (AvgIpc) is 2.36. The third kappa shape index (κ3) is 3.46. The van der Waals surface area contributed by atoms with Crippen LogP contribution in [0.1, 0.15) is 19.4 Å². The molecule has 0 aliphatic rings. The predicted octanol–water partition coefficient (Wildman–Crippen LogP) is 1.72. The van der Waals surface area contributed by atoms with Gasteiger partial charge in [0.2, 0.25) is 0 Å². The van der Waals surface area contributed by atoms with Crippen LogP contribution in [0.5, 0.6) is 11.5 Å². The Bertz CT molecular complexity index is 432. The second kappa shape index (κ2) is 6.75. The van der Waals surface area contributed by atoms with Crippen molar-refractivity contribution < 1.29 is 13.7 Å². The molecular formula is C13H21NO3S. The molecule has 0 bridgehead atoms. The first-order valence-corrected chi connectivity index (χ1v) is 7.24. The van der Waals surface area contributed by atoms with Crippen molar-refractivity contribution in [2.24, 2.45) is 5.73 Å². The summed E-state index contributed by atoms with van der Waals surface area (Å²) in [6, 6.07) is 3.69. The van der Waals surface area contributed by atoms with Crippen LogP contribution in [0.4, 0.5) is 0 Å². The quantitative estimate of drug-likeness (QED) is 0.856. The van der Waals surface area contributed by atoms with E-state index in [1.165, 1.54) is 0 Å². The lowest BCUT2D eigenvalue weighted by Crippen LogP contribution is -2.18. The van der Waals surface area contributed by atoms with Gasteiger partial charge in [0.1, 0.15) is 11.5 Å². The molecule has 1 unspecified atom stereocenters. The molecule has 0 radical (unpaired) electrons. The Morgan fingerprint density at radius 1 is 1.28 bits per heavy atom. The highest BCUT2D eigenvalue weighted by atomic mass is 32.2. The number of benzene rings is 1. The SMILES string of the molecule is CCS(=O)c1cc(OC)c(C[C@H](C)N)cc1OC. The van der Waals surface area contributed by atoms with E-state index >= 15 is 0 Å². The number of ether oxygens (including phenoxy) is 2. The summed E-state index contributed by atoms with van der Waals surface area (Å²) < 4.78 is 22.6. The van der Waals surface area contributed by atoms with Gasteiger partial charge in [-0.2, -0.15) is 0 Å². The maximum atomic E-state index is 11.9. The number of hydrogen-bond donors (Lipinski definition) is 1. The zero-order valence-electron chi connectivity index (χ0n) is 11.4. The summed E-state index contributed by atoms with van der Waals surface area (Å²) in [6.07, 6.45) is 0.693. The Balaban J connectivity index is 3.27. The van der Waals surface area contributed by atoms with Crippen molar-refractivity contribution in [2.75, 3.05) is 20.0 Å². The third-order valence-corrected chi connectivity index (χ3v) is 3.95. The maximum absolute atomic E-state index is 11.9. The monoisotopic (exact) mass is 271 g/mol. The molecule has 102 valence electrons. The molecule has 0 amide bonds. The number of rotatable bonds is 6. The van der Waals surface area contributed by atoms with Crippen LogP contribution in [-0.4, -0.2) is 30.2 Å². The molecule has 4 nitrogen and oxygen atoms in total. The van der Waals surface area contributed by atoms with Crippen LogP contribution in [0, 0.1) is 0 Å². The van der Waals surface area contributed by atoms with Crippen LogP contribution >= 0.6 is 0 Å². The molecular weight excluding hydrogens is 250 g/mol. The lowest BCUT2D eigenvalue weighted by Gasteiger charge is -2.15. The van der Waals surface area contributed by atoms with Crippen molar-refractivity contribution in [3.63, 3.8) is 0 Å². The van der Waals surface area contributed by atoms with Crippen molar-refractivity contribution in [1.82, 2.24) is 0 Å². The summed E-state index contributed by atoms with van der Waals surface area (Å²) in [6.45, 7) is 3.81. The van der Waals surface area contributed by atoms with Gasteiger partial charge in [-0.1, -0.05) is 6.92 Å². The van der Waals surface area contributed by atoms with Gasteiger partial charge >= 0.3 is 0 Å². The summed E-state index contributed by atoms with van der Waals surface area (Å²) in [5.74, 6) is 1.89. The summed E-state index contributed by atoms with van der Waals surface area (Å²) in [4.78, 5) is 0.672. The smallest absolute Gasteiger partial charge is 0.135 e. The highest BCUT2D eigenvalue weighted by Crippen LogP contribution is 2.31. The first-order chi connectivity index (χ1) is 8.53. The molecule has 0 fully saturated rings. The molecule has 0 saturated carbocycles. The minimum atomic E-state index is -1.07. The highest BCUT2D eigenvalue weighted by Gasteiger charge is 2.15. The van der Waals surface area contributed by atoms with E-state index in [0.29, 0.717) is 28.6 Å². The van der Waals surface area contributed by atoms with E-state index in [0.717, 1.165) is 5.56 Å². The predicted molar refractivity (Wildman–Crippen MR) is 73.8 cm³/mol. The molecule has 2 atom stereocenters. The van der Waals surface area contributed by atoms with E-state index in [1.807, 2.05) is 19.9 Å². The Morgan fingerprint density at radius 3 is 2.33 bits per heavy atom. The van der Waals surface area contributed by atoms with Gasteiger partial charge in [0.05, 0.1) is 29.9 Å². The zero-order chi connectivity index (χ0) is 13.7. The van der Waals surface area contributed by atoms with Gasteiger partial charge in [-0.05, 0) is 25.0 Å². The van der Waals surface area contributed by atoms with Gasteiger partial charge in [0.25, 0.3) is 0 Å². The molecule has 0 saturated heterocycles. The minimum Gasteiger partial charge on any atom is -0.496 e. The van der Waals surface area contributed by atoms with Crippen molar-refractivity contribution in [3.8, 4) is 11.5 Å². The molecule has 1 aromatic rings. The van der Waals surface area contributed by atoms with E-state index < -0.39 is 10.8 Å². The van der Waals surface area contributed by atoms with Gasteiger partial charge in [0.15, 0.2) is 0 Å². The molecule has 0 aromatic heterocycles. The number of hydrogen-bond acceptors (Lipinski definition) is 4. The third-order valence-electron chi connectivity index (χ3n) is 2.62. The van der Waals surface area contributed by atoms with Crippen LogP contribution in [0.25, 0.3) is 0 Å². The fourth-order valence-corrected chi connectivity index (χ4v) is 2.69. The van der Waals surface area contributed by atoms with Crippen molar-refractivity contribution >= 4 is 10.8 Å². The largest absolute Gasteiger partial charge is 0.496 e. The first-order valence-electron chi connectivity index (χ1n) is 5.92. The molecule has 5 heteroatoms. The second-order valence-corrected chi connectivity index (χ2v) is 5.84. The normalized spacial score (nSPS) is 14.1. The Labute approximate surface area is 111 Å². The molecule has 0 aliphatic carbocycles. The highest BCUT2D eigenvalue weighted by molar-refractivity contribution is 7.85. The topological polar surface area (TPSA) is 61.5 Å². The van der Waals surface area contributed by atoms with Crippen molar-refractivity contribution in [1.29, 1.82) is 0 Å². The van der Waals surface area contributed by atoms with Crippen LogP contribution in [-0.2, 0) is 17.2 Å². The Morgan fingerprint density at radius 2 is 1.89 bits per heavy atom. The second-order valence-electron chi connectivity index (χ2n) is 4.13. The summed E-state index contributed by atoms with van der Waals surface area (Å²) >= 11 is 0. The molecule has 0 heterocycles. The van der Waals surface area contributed by atoms with E-state index in [9.17, 15) is 4.21 Å². The lowest BCUT2D eigenvalue weighted by atomic mass is 10.1. The van der Waals surface area contributed by atoms with Crippen LogP contribution < -0.4 is 15.2 Å². The molecule has 1 rings (SSSR count). The summed E-state index contributed by atoms with van der Waals surface area (Å²) in [5, 5.41) is 0. The minimum absolute atomic E-state index is 0.0335. The molecule has 0 spiro atoms. The van der Waals surface area contributed by atoms with E-state index in [2.05, 4.69) is 0 Å². The van der Waals surface area contributed by atoms with Gasteiger partial charge < -0.3 is 15.2 Å². The standard InChI is InChI=1S/C13H21NO3S/c1-5-18(15)13-8-11(16-3)10(6-9(2)14)7-12(13)17-4/h7-9H,5-6,14H2,1-4H3/t9-,18?/m0/s1. The molecule has 0 aliphatic heterocycles. The lowest BCUT2D eigenvalue weighted by molar-refractivity contribution is 0.389. The fourth-order valence-electron chi connectivity index (χ4n) is 1.77. The van der Waals surface area contributed by atoms with E-state index in [4.69, 9.17) is 15.2 Å². The average molecular weight is 271 g/mol. The van der Waals surface area contributed by atoms with Crippen LogP contribution in [0.2, 0.25) is 0 Å². The van der Waals surface area contributed by atoms with Gasteiger partial charge in [-0.3, -0.25) is 4.21 Å². The van der Waals surface area contributed by atoms with E-state index in [1.54, 1.807) is 20.3 Å². The van der Waals surface area contributed by atoms with Crippen LogP contribution in [0.3, 0.4) is 0 Å². The van der Waals surface area contributed by atoms with Crippen LogP contribution in [0.15, 0.2) is 17.0 Å². The number of methoxy groups -OCH3 is 2. The first kappa shape index (κ1) is 15.0. The number of nitrogens with two attached hydrogens (primary N) is 1. The summed E-state index contributed by atoms with van der Waals surface area (Å²) in [5.41, 5.74) is 6.78. The van der Waals surface area contributed by atoms with Crippen molar-refractivity contribution in [2.45, 2.75) is 31.2 Å². The fraction of sp³-hybridized carbons (Fsp3) is 0.538. The van der Waals surface area contributed by atoms with Gasteiger partial charge in [-0.25, -0.2) is 0 Å². The van der Waals surface area contributed by atoms with Crippen molar-refractivity contribution in [3.05, 3.63) is 17.7 Å². The Kier molecular flexibility index (Phi) is 5.62. The molecule has 18 heavy (non-hydrogen) atoms. The molecule has 2 N–H and O–H groups in total. The zero-order valence-corrected chi connectivity index (χ0v) is 12.2. The maximum Gasteiger partial charge on any atom is 0.135 e. The van der Waals surface area contributed by atoms with E-state index in [-0.39, 0.29) is 6.04 Å². The van der Waals surface area contributed by atoms with Gasteiger partial charge in [-0.15, -0.1) is 0 Å². The Hall–Kier alpha value is -1.07. The molecule has 1 aromatic carbocycles. The summed E-state index contributed by atoms with van der Waals surface area (Å²) in [7, 11) is 2.11. The van der Waals surface area contributed by atoms with Gasteiger partial charge in [0, 0.05) is 17.9 Å².